The molecule has 0 bridgehead atoms. The zero-order valence-corrected chi connectivity index (χ0v) is 10.2. The highest BCUT2D eigenvalue weighted by Gasteiger charge is 2.07. The van der Waals surface area contributed by atoms with Gasteiger partial charge in [0.2, 0.25) is 5.96 Å². The minimum atomic E-state index is 0.574. The van der Waals surface area contributed by atoms with Crippen molar-refractivity contribution in [3.63, 3.8) is 0 Å². The molecule has 0 aliphatic rings. The number of pyridine rings is 1. The van der Waals surface area contributed by atoms with Crippen LogP contribution in [0, 0.1) is 11.5 Å². The first-order valence-electron chi connectivity index (χ1n) is 5.70. The monoisotopic (exact) mass is 231 g/mol. The lowest BCUT2D eigenvalue weighted by Gasteiger charge is -2.22. The Labute approximate surface area is 102 Å². The number of aliphatic imine (C=N–C) groups is 1. The van der Waals surface area contributed by atoms with Gasteiger partial charge in [-0.2, -0.15) is 5.26 Å². The van der Waals surface area contributed by atoms with E-state index >= 15 is 0 Å². The van der Waals surface area contributed by atoms with Gasteiger partial charge in [-0.05, 0) is 25.5 Å². The largest absolute Gasteiger partial charge is 0.342 e. The third kappa shape index (κ3) is 4.11. The zero-order valence-electron chi connectivity index (χ0n) is 10.2. The van der Waals surface area contributed by atoms with Crippen LogP contribution in [-0.4, -0.2) is 28.9 Å². The van der Waals surface area contributed by atoms with Crippen LogP contribution in [0.5, 0.6) is 0 Å². The van der Waals surface area contributed by atoms with Crippen molar-refractivity contribution in [1.29, 1.82) is 5.26 Å². The minimum absolute atomic E-state index is 0.574. The van der Waals surface area contributed by atoms with Crippen LogP contribution in [0.1, 0.15) is 20.3 Å². The Balaban J connectivity index is 2.91. The first kappa shape index (κ1) is 13.0. The summed E-state index contributed by atoms with van der Waals surface area (Å²) in [5, 5.41) is 11.4. The normalized spacial score (nSPS) is 10.8. The molecule has 1 N–H and O–H groups in total. The van der Waals surface area contributed by atoms with Crippen molar-refractivity contribution >= 4 is 11.6 Å². The number of guanidine groups is 1. The van der Waals surface area contributed by atoms with E-state index in [-0.39, 0.29) is 0 Å². The average Bonchev–Trinajstić information content (AvgIpc) is 2.37. The van der Waals surface area contributed by atoms with Crippen molar-refractivity contribution < 1.29 is 0 Å². The predicted molar refractivity (Wildman–Crippen MR) is 67.6 cm³/mol. The minimum Gasteiger partial charge on any atom is -0.342 e. The number of rotatable bonds is 4. The van der Waals surface area contributed by atoms with Crippen LogP contribution in [0.15, 0.2) is 29.5 Å². The van der Waals surface area contributed by atoms with Gasteiger partial charge in [-0.15, -0.1) is 0 Å². The molecular weight excluding hydrogens is 214 g/mol. The van der Waals surface area contributed by atoms with Gasteiger partial charge in [0, 0.05) is 19.3 Å². The molecule has 0 atom stereocenters. The Morgan fingerprint density at radius 3 is 2.94 bits per heavy atom. The highest BCUT2D eigenvalue weighted by Crippen LogP contribution is 2.09. The van der Waals surface area contributed by atoms with Gasteiger partial charge < -0.3 is 4.90 Å². The van der Waals surface area contributed by atoms with E-state index in [2.05, 4.69) is 22.2 Å². The summed E-state index contributed by atoms with van der Waals surface area (Å²) in [6, 6.07) is 3.67. The highest BCUT2D eigenvalue weighted by atomic mass is 15.3. The van der Waals surface area contributed by atoms with Crippen molar-refractivity contribution in [3.05, 3.63) is 24.5 Å². The Bertz CT molecular complexity index is 393. The fraction of sp³-hybridized carbons (Fsp3) is 0.417. The van der Waals surface area contributed by atoms with E-state index in [9.17, 15) is 0 Å². The van der Waals surface area contributed by atoms with Crippen LogP contribution in [-0.2, 0) is 0 Å². The Hall–Kier alpha value is -2.09. The molecule has 0 unspecified atom stereocenters. The Kier molecular flexibility index (Phi) is 5.52. The maximum Gasteiger partial charge on any atom is 0.212 e. The molecule has 90 valence electrons. The molecule has 0 spiro atoms. The molecule has 0 saturated heterocycles. The fourth-order valence-corrected chi connectivity index (χ4v) is 1.45. The molecule has 1 rings (SSSR count). The number of hydrogen-bond acceptors (Lipinski definition) is 3. The van der Waals surface area contributed by atoms with Crippen molar-refractivity contribution in [2.75, 3.05) is 13.1 Å². The molecular formula is C12H17N5. The number of aromatic nitrogens is 1. The molecule has 17 heavy (non-hydrogen) atoms. The summed E-state index contributed by atoms with van der Waals surface area (Å²) in [4.78, 5) is 10.4. The second-order valence-electron chi connectivity index (χ2n) is 3.46. The summed E-state index contributed by atoms with van der Waals surface area (Å²) >= 11 is 0. The maximum absolute atomic E-state index is 8.74. The van der Waals surface area contributed by atoms with Crippen LogP contribution in [0.4, 0.5) is 5.69 Å². The van der Waals surface area contributed by atoms with E-state index in [0.717, 1.165) is 25.2 Å². The lowest BCUT2D eigenvalue weighted by Crippen LogP contribution is -2.39. The highest BCUT2D eigenvalue weighted by molar-refractivity contribution is 5.83. The predicted octanol–water partition coefficient (Wildman–Crippen LogP) is 1.87. The lowest BCUT2D eigenvalue weighted by molar-refractivity contribution is 0.429. The van der Waals surface area contributed by atoms with Crippen LogP contribution in [0.25, 0.3) is 0 Å². The molecule has 5 nitrogen and oxygen atoms in total. The van der Waals surface area contributed by atoms with Gasteiger partial charge in [-0.1, -0.05) is 6.92 Å². The topological polar surface area (TPSA) is 64.3 Å². The van der Waals surface area contributed by atoms with Gasteiger partial charge in [0.15, 0.2) is 6.19 Å². The van der Waals surface area contributed by atoms with Crippen LogP contribution >= 0.6 is 0 Å². The standard InChI is InChI=1S/C12H17N5/c1-3-8-17(4-2)12(15-10-13)16-11-6-5-7-14-9-11/h5-7,9H,3-4,8H2,1-2H3,(H,15,16). The second kappa shape index (κ2) is 7.23. The molecule has 0 amide bonds. The molecule has 0 aliphatic heterocycles. The van der Waals surface area contributed by atoms with Crippen molar-refractivity contribution in [3.8, 4) is 6.19 Å². The fourth-order valence-electron chi connectivity index (χ4n) is 1.45. The van der Waals surface area contributed by atoms with E-state index in [4.69, 9.17) is 5.26 Å². The third-order valence-corrected chi connectivity index (χ3v) is 2.22. The summed E-state index contributed by atoms with van der Waals surface area (Å²) < 4.78 is 0. The summed E-state index contributed by atoms with van der Waals surface area (Å²) in [6.45, 7) is 5.80. The number of nitrogens with zero attached hydrogens (tertiary/aromatic N) is 4. The van der Waals surface area contributed by atoms with Crippen LogP contribution < -0.4 is 5.32 Å². The zero-order chi connectivity index (χ0) is 12.5. The van der Waals surface area contributed by atoms with E-state index in [1.165, 1.54) is 0 Å². The lowest BCUT2D eigenvalue weighted by atomic mass is 10.4. The van der Waals surface area contributed by atoms with E-state index < -0.39 is 0 Å². The molecule has 0 radical (unpaired) electrons. The van der Waals surface area contributed by atoms with Gasteiger partial charge in [-0.3, -0.25) is 10.3 Å². The van der Waals surface area contributed by atoms with Crippen molar-refractivity contribution in [1.82, 2.24) is 15.2 Å². The summed E-state index contributed by atoms with van der Waals surface area (Å²) in [5.41, 5.74) is 0.736. The van der Waals surface area contributed by atoms with Crippen molar-refractivity contribution in [2.24, 2.45) is 4.99 Å². The van der Waals surface area contributed by atoms with Crippen LogP contribution in [0.2, 0.25) is 0 Å². The first-order chi connectivity index (χ1) is 8.31. The molecule has 0 fully saturated rings. The van der Waals surface area contributed by atoms with E-state index in [1.807, 2.05) is 30.1 Å². The Morgan fingerprint density at radius 1 is 1.59 bits per heavy atom. The third-order valence-electron chi connectivity index (χ3n) is 2.22. The molecule has 5 heteroatoms. The Morgan fingerprint density at radius 2 is 2.41 bits per heavy atom. The summed E-state index contributed by atoms with van der Waals surface area (Å²) in [6.07, 6.45) is 6.29. The number of nitriles is 1. The molecule has 0 saturated carbocycles. The van der Waals surface area contributed by atoms with E-state index in [0.29, 0.717) is 5.96 Å². The first-order valence-corrected chi connectivity index (χ1v) is 5.70. The van der Waals surface area contributed by atoms with E-state index in [1.54, 1.807) is 12.4 Å². The second-order valence-corrected chi connectivity index (χ2v) is 3.46. The molecule has 1 aromatic rings. The molecule has 0 aliphatic carbocycles. The number of nitrogens with one attached hydrogen (secondary N) is 1. The molecule has 1 heterocycles. The smallest absolute Gasteiger partial charge is 0.212 e. The van der Waals surface area contributed by atoms with Crippen LogP contribution in [0.3, 0.4) is 0 Å². The van der Waals surface area contributed by atoms with Crippen molar-refractivity contribution in [2.45, 2.75) is 20.3 Å². The average molecular weight is 231 g/mol. The van der Waals surface area contributed by atoms with Gasteiger partial charge in [0.1, 0.15) is 0 Å². The quantitative estimate of drug-likeness (QED) is 0.372. The number of hydrogen-bond donors (Lipinski definition) is 1. The summed E-state index contributed by atoms with van der Waals surface area (Å²) in [7, 11) is 0. The summed E-state index contributed by atoms with van der Waals surface area (Å²) in [5.74, 6) is 0.574. The van der Waals surface area contributed by atoms with Gasteiger partial charge >= 0.3 is 0 Å². The van der Waals surface area contributed by atoms with Gasteiger partial charge in [0.25, 0.3) is 0 Å². The molecule has 1 aromatic heterocycles. The van der Waals surface area contributed by atoms with Gasteiger partial charge in [-0.25, -0.2) is 4.99 Å². The maximum atomic E-state index is 8.74. The van der Waals surface area contributed by atoms with Gasteiger partial charge in [0.05, 0.1) is 11.9 Å². The molecule has 0 aromatic carbocycles. The SMILES string of the molecule is CCCN(CC)C(=Nc1cccnc1)NC#N.